The molecule has 1 aliphatic heterocycles. The average Bonchev–Trinajstić information content (AvgIpc) is 2.82. The lowest BCUT2D eigenvalue weighted by atomic mass is 9.76. The third-order valence-electron chi connectivity index (χ3n) is 4.45. The van der Waals surface area contributed by atoms with Crippen LogP contribution in [0.15, 0.2) is 0 Å². The highest BCUT2D eigenvalue weighted by molar-refractivity contribution is 5.79. The Morgan fingerprint density at radius 1 is 1.39 bits per heavy atom. The number of rotatable bonds is 4. The van der Waals surface area contributed by atoms with Crippen LogP contribution in [-0.4, -0.2) is 31.7 Å². The molecule has 0 spiro atoms. The first-order chi connectivity index (χ1) is 8.68. The van der Waals surface area contributed by atoms with Gasteiger partial charge < -0.3 is 15.8 Å². The Kier molecular flexibility index (Phi) is 5.01. The number of hydrogen-bond acceptors (Lipinski definition) is 3. The van der Waals surface area contributed by atoms with E-state index in [4.69, 9.17) is 10.5 Å². The first kappa shape index (κ1) is 13.8. The van der Waals surface area contributed by atoms with Gasteiger partial charge in [-0.25, -0.2) is 0 Å². The van der Waals surface area contributed by atoms with E-state index in [1.54, 1.807) is 0 Å². The number of carbonyl (C=O) groups excluding carboxylic acids is 1. The van der Waals surface area contributed by atoms with Crippen molar-refractivity contribution in [1.29, 1.82) is 0 Å². The van der Waals surface area contributed by atoms with Gasteiger partial charge >= 0.3 is 0 Å². The standard InChI is InChI=1S/C14H26N2O2/c1-10-3-2-4-12(15)13(10)14(17)16-7-5-11-6-8-18-9-11/h10-13H,2-9,15H2,1H3,(H,16,17). The van der Waals surface area contributed by atoms with Gasteiger partial charge in [0.1, 0.15) is 0 Å². The van der Waals surface area contributed by atoms with Gasteiger partial charge in [-0.2, -0.15) is 0 Å². The van der Waals surface area contributed by atoms with Crippen LogP contribution in [0.5, 0.6) is 0 Å². The normalized spacial score (nSPS) is 36.6. The van der Waals surface area contributed by atoms with Crippen molar-refractivity contribution in [1.82, 2.24) is 5.32 Å². The van der Waals surface area contributed by atoms with Crippen molar-refractivity contribution >= 4 is 5.91 Å². The molecule has 0 aromatic rings. The molecule has 4 unspecified atom stereocenters. The predicted octanol–water partition coefficient (Wildman–Crippen LogP) is 1.29. The third-order valence-corrected chi connectivity index (χ3v) is 4.45. The molecular weight excluding hydrogens is 228 g/mol. The zero-order valence-corrected chi connectivity index (χ0v) is 11.4. The van der Waals surface area contributed by atoms with Gasteiger partial charge in [0, 0.05) is 25.8 Å². The largest absolute Gasteiger partial charge is 0.381 e. The van der Waals surface area contributed by atoms with E-state index in [9.17, 15) is 4.79 Å². The van der Waals surface area contributed by atoms with Crippen LogP contribution >= 0.6 is 0 Å². The number of hydrogen-bond donors (Lipinski definition) is 2. The van der Waals surface area contributed by atoms with Crippen molar-refractivity contribution in [2.45, 2.75) is 45.1 Å². The van der Waals surface area contributed by atoms with Crippen molar-refractivity contribution in [2.75, 3.05) is 19.8 Å². The number of carbonyl (C=O) groups is 1. The maximum Gasteiger partial charge on any atom is 0.224 e. The second-order valence-corrected chi connectivity index (χ2v) is 5.91. The zero-order chi connectivity index (χ0) is 13.0. The van der Waals surface area contributed by atoms with E-state index in [0.717, 1.165) is 51.9 Å². The summed E-state index contributed by atoms with van der Waals surface area (Å²) in [6.07, 6.45) is 5.43. The molecule has 104 valence electrons. The predicted molar refractivity (Wildman–Crippen MR) is 71.0 cm³/mol. The molecule has 0 aromatic heterocycles. The molecule has 2 fully saturated rings. The van der Waals surface area contributed by atoms with Crippen LogP contribution in [0.1, 0.15) is 39.0 Å². The molecule has 2 aliphatic rings. The summed E-state index contributed by atoms with van der Waals surface area (Å²) in [7, 11) is 0. The minimum absolute atomic E-state index is 0.0126. The minimum atomic E-state index is 0.0126. The Bertz CT molecular complexity index is 267. The van der Waals surface area contributed by atoms with Gasteiger partial charge in [-0.3, -0.25) is 4.79 Å². The van der Waals surface area contributed by atoms with E-state index in [1.807, 2.05) is 0 Å². The van der Waals surface area contributed by atoms with E-state index >= 15 is 0 Å². The summed E-state index contributed by atoms with van der Waals surface area (Å²) in [6.45, 7) is 4.65. The summed E-state index contributed by atoms with van der Waals surface area (Å²) < 4.78 is 5.33. The Hall–Kier alpha value is -0.610. The lowest BCUT2D eigenvalue weighted by molar-refractivity contribution is -0.128. The number of nitrogens with one attached hydrogen (secondary N) is 1. The van der Waals surface area contributed by atoms with Gasteiger partial charge in [-0.15, -0.1) is 0 Å². The number of nitrogens with two attached hydrogens (primary N) is 1. The zero-order valence-electron chi connectivity index (χ0n) is 11.4. The highest BCUT2D eigenvalue weighted by Crippen LogP contribution is 2.29. The van der Waals surface area contributed by atoms with Crippen molar-refractivity contribution in [2.24, 2.45) is 23.5 Å². The Balaban J connectivity index is 1.72. The third kappa shape index (κ3) is 3.45. The average molecular weight is 254 g/mol. The number of ether oxygens (including phenoxy) is 1. The fraction of sp³-hybridized carbons (Fsp3) is 0.929. The highest BCUT2D eigenvalue weighted by atomic mass is 16.5. The van der Waals surface area contributed by atoms with E-state index in [2.05, 4.69) is 12.2 Å². The summed E-state index contributed by atoms with van der Waals surface area (Å²) in [5.41, 5.74) is 6.08. The molecule has 0 bridgehead atoms. The fourth-order valence-electron chi connectivity index (χ4n) is 3.24. The summed E-state index contributed by atoms with van der Waals surface area (Å²) >= 11 is 0. The van der Waals surface area contributed by atoms with E-state index in [-0.39, 0.29) is 17.9 Å². The lowest BCUT2D eigenvalue weighted by Crippen LogP contribution is -2.47. The molecule has 1 heterocycles. The van der Waals surface area contributed by atoms with Crippen molar-refractivity contribution < 1.29 is 9.53 Å². The van der Waals surface area contributed by atoms with Crippen molar-refractivity contribution in [3.8, 4) is 0 Å². The van der Waals surface area contributed by atoms with E-state index in [1.165, 1.54) is 0 Å². The number of amides is 1. The first-order valence-corrected chi connectivity index (χ1v) is 7.29. The van der Waals surface area contributed by atoms with Gasteiger partial charge in [-0.1, -0.05) is 13.3 Å². The van der Waals surface area contributed by atoms with Crippen LogP contribution in [0.3, 0.4) is 0 Å². The summed E-state index contributed by atoms with van der Waals surface area (Å²) in [6, 6.07) is 0.0450. The molecular formula is C14H26N2O2. The smallest absolute Gasteiger partial charge is 0.224 e. The molecule has 2 rings (SSSR count). The van der Waals surface area contributed by atoms with Crippen LogP contribution in [0.25, 0.3) is 0 Å². The van der Waals surface area contributed by atoms with Crippen LogP contribution < -0.4 is 11.1 Å². The second-order valence-electron chi connectivity index (χ2n) is 5.91. The molecule has 1 aliphatic carbocycles. The van der Waals surface area contributed by atoms with Crippen molar-refractivity contribution in [3.05, 3.63) is 0 Å². The summed E-state index contributed by atoms with van der Waals surface area (Å²) in [4.78, 5) is 12.2. The topological polar surface area (TPSA) is 64.4 Å². The molecule has 3 N–H and O–H groups in total. The molecule has 4 heteroatoms. The monoisotopic (exact) mass is 254 g/mol. The maximum absolute atomic E-state index is 12.2. The molecule has 4 nitrogen and oxygen atoms in total. The molecule has 0 aromatic carbocycles. The quantitative estimate of drug-likeness (QED) is 0.794. The van der Waals surface area contributed by atoms with Crippen LogP contribution in [0.4, 0.5) is 0 Å². The fourth-order valence-corrected chi connectivity index (χ4v) is 3.24. The lowest BCUT2D eigenvalue weighted by Gasteiger charge is -2.33. The van der Waals surface area contributed by atoms with Gasteiger partial charge in [0.2, 0.25) is 5.91 Å². The van der Waals surface area contributed by atoms with Gasteiger partial charge in [0.25, 0.3) is 0 Å². The van der Waals surface area contributed by atoms with E-state index in [0.29, 0.717) is 11.8 Å². The molecule has 0 radical (unpaired) electrons. The van der Waals surface area contributed by atoms with Crippen molar-refractivity contribution in [3.63, 3.8) is 0 Å². The Morgan fingerprint density at radius 3 is 2.89 bits per heavy atom. The minimum Gasteiger partial charge on any atom is -0.381 e. The SMILES string of the molecule is CC1CCCC(N)C1C(=O)NCCC1CCOC1. The molecule has 1 saturated heterocycles. The molecule has 1 amide bonds. The molecule has 1 saturated carbocycles. The van der Waals surface area contributed by atoms with Gasteiger partial charge in [-0.05, 0) is 37.5 Å². The molecule has 18 heavy (non-hydrogen) atoms. The second kappa shape index (κ2) is 6.53. The Morgan fingerprint density at radius 2 is 2.22 bits per heavy atom. The van der Waals surface area contributed by atoms with Crippen LogP contribution in [-0.2, 0) is 9.53 Å². The summed E-state index contributed by atoms with van der Waals surface area (Å²) in [5.74, 6) is 1.22. The van der Waals surface area contributed by atoms with Gasteiger partial charge in [0.05, 0.1) is 5.92 Å². The van der Waals surface area contributed by atoms with Gasteiger partial charge in [0.15, 0.2) is 0 Å². The van der Waals surface area contributed by atoms with E-state index < -0.39 is 0 Å². The first-order valence-electron chi connectivity index (χ1n) is 7.29. The van der Waals surface area contributed by atoms with Crippen LogP contribution in [0, 0.1) is 17.8 Å². The Labute approximate surface area is 110 Å². The molecule has 4 atom stereocenters. The highest BCUT2D eigenvalue weighted by Gasteiger charge is 2.33. The van der Waals surface area contributed by atoms with Crippen LogP contribution in [0.2, 0.25) is 0 Å². The maximum atomic E-state index is 12.2. The summed E-state index contributed by atoms with van der Waals surface area (Å²) in [5, 5.41) is 3.07.